The molecule has 0 saturated heterocycles. The predicted octanol–water partition coefficient (Wildman–Crippen LogP) is 7.23. The van der Waals surface area contributed by atoms with Crippen LogP contribution in [0.4, 0.5) is 19.3 Å². The van der Waals surface area contributed by atoms with Gasteiger partial charge < -0.3 is 19.5 Å². The first-order valence-electron chi connectivity index (χ1n) is 12.6. The van der Waals surface area contributed by atoms with Crippen LogP contribution >= 0.6 is 11.3 Å². The Bertz CT molecular complexity index is 1480. The second kappa shape index (κ2) is 9.67. The molecule has 2 aromatic heterocycles. The van der Waals surface area contributed by atoms with Crippen LogP contribution in [0.2, 0.25) is 0 Å². The zero-order valence-corrected chi connectivity index (χ0v) is 21.3. The smallest absolute Gasteiger partial charge is 0.323 e. The van der Waals surface area contributed by atoms with Crippen molar-refractivity contribution in [2.45, 2.75) is 45.2 Å². The van der Waals surface area contributed by atoms with Crippen LogP contribution in [0.1, 0.15) is 53.1 Å². The van der Waals surface area contributed by atoms with Gasteiger partial charge in [-0.3, -0.25) is 0 Å². The van der Waals surface area contributed by atoms with Gasteiger partial charge >= 0.3 is 6.03 Å². The number of hydrogen-bond acceptors (Lipinski definition) is 3. The highest BCUT2D eigenvalue weighted by atomic mass is 32.1. The predicted molar refractivity (Wildman–Crippen MR) is 141 cm³/mol. The minimum Gasteiger partial charge on any atom is -0.494 e. The van der Waals surface area contributed by atoms with Crippen molar-refractivity contribution in [3.8, 4) is 10.8 Å². The highest BCUT2D eigenvalue weighted by Gasteiger charge is 2.36. The monoisotopic (exact) mass is 519 g/mol. The lowest BCUT2D eigenvalue weighted by Crippen LogP contribution is -2.38. The topological polar surface area (TPSA) is 46.5 Å². The van der Waals surface area contributed by atoms with Crippen LogP contribution in [0.5, 0.6) is 5.75 Å². The van der Waals surface area contributed by atoms with E-state index in [0.29, 0.717) is 13.2 Å². The summed E-state index contributed by atoms with van der Waals surface area (Å²) in [7, 11) is 0. The van der Waals surface area contributed by atoms with E-state index >= 15 is 0 Å². The number of aromatic nitrogens is 1. The van der Waals surface area contributed by atoms with Gasteiger partial charge in [-0.1, -0.05) is 12.1 Å². The van der Waals surface area contributed by atoms with Crippen LogP contribution in [0.3, 0.4) is 0 Å². The Labute approximate surface area is 218 Å². The fraction of sp³-hybridized carbons (Fsp3) is 0.276. The van der Waals surface area contributed by atoms with Gasteiger partial charge in [-0.25, -0.2) is 13.6 Å². The second-order valence-corrected chi connectivity index (χ2v) is 10.5. The van der Waals surface area contributed by atoms with Gasteiger partial charge in [-0.15, -0.1) is 11.3 Å². The maximum Gasteiger partial charge on any atom is 0.323 e. The number of amides is 2. The lowest BCUT2D eigenvalue weighted by Gasteiger charge is -2.31. The summed E-state index contributed by atoms with van der Waals surface area (Å²) in [6.45, 7) is 2.84. The van der Waals surface area contributed by atoms with E-state index in [0.717, 1.165) is 59.0 Å². The Morgan fingerprint density at radius 2 is 1.95 bits per heavy atom. The molecule has 2 aromatic carbocycles. The van der Waals surface area contributed by atoms with Gasteiger partial charge in [0.1, 0.15) is 22.4 Å². The van der Waals surface area contributed by atoms with E-state index < -0.39 is 23.7 Å². The molecule has 1 N–H and O–H groups in total. The van der Waals surface area contributed by atoms with Crippen LogP contribution in [-0.4, -0.2) is 22.1 Å². The van der Waals surface area contributed by atoms with E-state index in [9.17, 15) is 13.6 Å². The number of nitrogens with one attached hydrogen (secondary N) is 1. The summed E-state index contributed by atoms with van der Waals surface area (Å²) in [6.07, 6.45) is 6.39. The lowest BCUT2D eigenvalue weighted by atomic mass is 9.95. The molecule has 1 aliphatic heterocycles. The number of nitrogens with zero attached hydrogens (tertiary/aromatic N) is 2. The number of ether oxygens (including phenoxy) is 1. The van der Waals surface area contributed by atoms with Crippen molar-refractivity contribution in [1.29, 1.82) is 0 Å². The van der Waals surface area contributed by atoms with E-state index in [1.54, 1.807) is 16.2 Å². The van der Waals surface area contributed by atoms with Gasteiger partial charge in [-0.05, 0) is 80.1 Å². The minimum atomic E-state index is -0.810. The molecule has 1 aliphatic carbocycles. The third-order valence-corrected chi connectivity index (χ3v) is 8.43. The van der Waals surface area contributed by atoms with Crippen LogP contribution < -0.4 is 10.1 Å². The average Bonchev–Trinajstić information content (AvgIpc) is 3.48. The molecule has 37 heavy (non-hydrogen) atoms. The molecular formula is C29H27F2N3O2S. The number of urea groups is 1. The van der Waals surface area contributed by atoms with Crippen molar-refractivity contribution in [3.63, 3.8) is 0 Å². The Kier molecular flexibility index (Phi) is 6.20. The van der Waals surface area contributed by atoms with Crippen molar-refractivity contribution in [2.24, 2.45) is 0 Å². The molecule has 8 heteroatoms. The van der Waals surface area contributed by atoms with E-state index in [1.807, 2.05) is 43.3 Å². The number of carbonyl (C=O) groups excluding carboxylic acids is 1. The van der Waals surface area contributed by atoms with Crippen molar-refractivity contribution < 1.29 is 18.3 Å². The first kappa shape index (κ1) is 23.7. The van der Waals surface area contributed by atoms with Crippen molar-refractivity contribution in [2.75, 3.05) is 11.9 Å². The summed E-state index contributed by atoms with van der Waals surface area (Å²) in [6, 6.07) is 14.1. The molecule has 0 spiro atoms. The van der Waals surface area contributed by atoms with Gasteiger partial charge in [0.15, 0.2) is 0 Å². The quantitative estimate of drug-likeness (QED) is 0.309. The SMILES string of the molecule is CCOc1cccc(C2c3cccn3-c3sc4c(c3CN2C(=O)Nc2ccc(F)cc2F)CCCC4)c1. The summed E-state index contributed by atoms with van der Waals surface area (Å²) >= 11 is 1.81. The Balaban J connectivity index is 1.49. The Morgan fingerprint density at radius 1 is 1.08 bits per heavy atom. The fourth-order valence-electron chi connectivity index (χ4n) is 5.46. The molecule has 2 aliphatic rings. The number of fused-ring (bicyclic) bond motifs is 5. The summed E-state index contributed by atoms with van der Waals surface area (Å²) < 4.78 is 36.0. The maximum atomic E-state index is 14.5. The standard InChI is InChI=1S/C29H27F2N3O2S/c1-2-36-20-8-5-7-18(15-20)27-25-10-6-14-33(25)28-22(21-9-3-4-11-26(21)37-28)17-34(27)29(35)32-24-13-12-19(30)16-23(24)31/h5-8,10,12-16,27H,2-4,9,11,17H2,1H3,(H,32,35). The summed E-state index contributed by atoms with van der Waals surface area (Å²) in [4.78, 5) is 17.0. The van der Waals surface area contributed by atoms with Crippen LogP contribution in [0.25, 0.3) is 5.00 Å². The highest BCUT2D eigenvalue weighted by Crippen LogP contribution is 2.44. The number of benzene rings is 2. The molecular weight excluding hydrogens is 492 g/mol. The minimum absolute atomic E-state index is 0.0552. The zero-order valence-electron chi connectivity index (χ0n) is 20.5. The van der Waals surface area contributed by atoms with Gasteiger partial charge in [0, 0.05) is 22.7 Å². The first-order chi connectivity index (χ1) is 18.0. The van der Waals surface area contributed by atoms with Crippen LogP contribution in [-0.2, 0) is 19.4 Å². The molecule has 1 atom stereocenters. The van der Waals surface area contributed by atoms with Crippen molar-refractivity contribution in [1.82, 2.24) is 9.47 Å². The molecule has 190 valence electrons. The summed E-state index contributed by atoms with van der Waals surface area (Å²) in [5, 5.41) is 3.85. The maximum absolute atomic E-state index is 14.5. The number of aryl methyl sites for hydroxylation is 1. The summed E-state index contributed by atoms with van der Waals surface area (Å²) in [5.41, 5.74) is 4.27. The van der Waals surface area contributed by atoms with E-state index in [2.05, 4.69) is 16.1 Å². The van der Waals surface area contributed by atoms with E-state index in [-0.39, 0.29) is 5.69 Å². The van der Waals surface area contributed by atoms with Gasteiger partial charge in [-0.2, -0.15) is 0 Å². The number of halogens is 2. The normalized spacial score (nSPS) is 16.4. The number of thiophene rings is 1. The molecule has 0 saturated carbocycles. The van der Waals surface area contributed by atoms with Crippen molar-refractivity contribution in [3.05, 3.63) is 99.7 Å². The number of rotatable bonds is 4. The molecule has 2 amide bonds. The fourth-order valence-corrected chi connectivity index (χ4v) is 6.86. The molecule has 4 aromatic rings. The molecule has 0 radical (unpaired) electrons. The number of anilines is 1. The van der Waals surface area contributed by atoms with Gasteiger partial charge in [0.2, 0.25) is 0 Å². The van der Waals surface area contributed by atoms with Gasteiger partial charge in [0.05, 0.1) is 30.6 Å². The Morgan fingerprint density at radius 3 is 2.78 bits per heavy atom. The Hall–Kier alpha value is -3.65. The van der Waals surface area contributed by atoms with Crippen LogP contribution in [0.15, 0.2) is 60.8 Å². The first-order valence-corrected chi connectivity index (χ1v) is 13.4. The largest absolute Gasteiger partial charge is 0.494 e. The lowest BCUT2D eigenvalue weighted by molar-refractivity contribution is 0.194. The van der Waals surface area contributed by atoms with Crippen molar-refractivity contribution >= 4 is 23.1 Å². The third kappa shape index (κ3) is 4.29. The highest BCUT2D eigenvalue weighted by molar-refractivity contribution is 7.15. The molecule has 1 unspecified atom stereocenters. The van der Waals surface area contributed by atoms with Gasteiger partial charge in [0.25, 0.3) is 0 Å². The number of carbonyl (C=O) groups is 1. The molecule has 0 fully saturated rings. The average molecular weight is 520 g/mol. The summed E-state index contributed by atoms with van der Waals surface area (Å²) in [5.74, 6) is -0.780. The van der Waals surface area contributed by atoms with E-state index in [4.69, 9.17) is 4.74 Å². The molecule has 6 rings (SSSR count). The number of hydrogen-bond donors (Lipinski definition) is 1. The zero-order chi connectivity index (χ0) is 25.5. The third-order valence-electron chi connectivity index (χ3n) is 7.10. The molecule has 3 heterocycles. The van der Waals surface area contributed by atoms with E-state index in [1.165, 1.54) is 22.9 Å². The van der Waals surface area contributed by atoms with Crippen LogP contribution in [0, 0.1) is 11.6 Å². The second-order valence-electron chi connectivity index (χ2n) is 9.39. The molecule has 5 nitrogen and oxygen atoms in total. The molecule has 0 bridgehead atoms.